The fraction of sp³-hybridized carbons (Fsp3) is 0.273. The maximum atomic E-state index is 13.5. The molecule has 1 amide bonds. The summed E-state index contributed by atoms with van der Waals surface area (Å²) in [6.45, 7) is 0.238. The van der Waals surface area contributed by atoms with E-state index in [9.17, 15) is 13.6 Å². The van der Waals surface area contributed by atoms with E-state index in [-0.39, 0.29) is 17.9 Å². The minimum Gasteiger partial charge on any atom is -0.308 e. The van der Waals surface area contributed by atoms with Crippen molar-refractivity contribution in [3.63, 3.8) is 0 Å². The first-order chi connectivity index (χ1) is 8.00. The molecule has 0 bridgehead atoms. The lowest BCUT2D eigenvalue weighted by molar-refractivity contribution is -0.117. The molecule has 0 aromatic heterocycles. The molecule has 0 radical (unpaired) electrons. The molecule has 0 saturated carbocycles. The first-order valence-corrected chi connectivity index (χ1v) is 5.90. The van der Waals surface area contributed by atoms with E-state index in [4.69, 9.17) is 5.41 Å². The molecule has 0 aliphatic carbocycles. The molecule has 1 unspecified atom stereocenters. The summed E-state index contributed by atoms with van der Waals surface area (Å²) < 4.78 is 26.3. The molecule has 1 aromatic rings. The smallest absolute Gasteiger partial charge is 0.246 e. The normalized spacial score (nSPS) is 20.9. The minimum absolute atomic E-state index is 0.0494. The number of anilines is 1. The molecule has 1 aliphatic rings. The molecule has 1 fully saturated rings. The Kier molecular flexibility index (Phi) is 3.24. The van der Waals surface area contributed by atoms with Crippen molar-refractivity contribution in [3.8, 4) is 0 Å². The number of carbonyl (C=O) groups excluding carboxylic acids is 1. The summed E-state index contributed by atoms with van der Waals surface area (Å²) >= 11 is 3.08. The van der Waals surface area contributed by atoms with Crippen molar-refractivity contribution in [1.82, 2.24) is 0 Å². The molecule has 3 nitrogen and oxygen atoms in total. The van der Waals surface area contributed by atoms with E-state index in [0.717, 1.165) is 12.1 Å². The van der Waals surface area contributed by atoms with E-state index in [1.807, 2.05) is 0 Å². The van der Waals surface area contributed by atoms with E-state index in [1.54, 1.807) is 0 Å². The van der Waals surface area contributed by atoms with Crippen molar-refractivity contribution in [2.75, 3.05) is 11.4 Å². The first kappa shape index (κ1) is 12.2. The standard InChI is InChI=1S/C11H9BrF2N2O/c12-10-8(15)3-4-16(11(10)17)9-2-1-6(13)5-7(9)14/h1-2,5,10,15H,3-4H2. The number of hydrogen-bond donors (Lipinski definition) is 1. The van der Waals surface area contributed by atoms with Crippen LogP contribution < -0.4 is 4.90 Å². The number of amides is 1. The second-order valence-corrected chi connectivity index (χ2v) is 4.64. The highest BCUT2D eigenvalue weighted by molar-refractivity contribution is 9.10. The number of nitrogens with zero attached hydrogens (tertiary/aromatic N) is 1. The number of piperidine rings is 1. The summed E-state index contributed by atoms with van der Waals surface area (Å²) in [4.78, 5) is 12.4. The van der Waals surface area contributed by atoms with Crippen molar-refractivity contribution in [3.05, 3.63) is 29.8 Å². The van der Waals surface area contributed by atoms with Crippen molar-refractivity contribution >= 4 is 33.2 Å². The summed E-state index contributed by atoms with van der Waals surface area (Å²) in [7, 11) is 0. The summed E-state index contributed by atoms with van der Waals surface area (Å²) in [5, 5.41) is 7.52. The molecule has 1 saturated heterocycles. The summed E-state index contributed by atoms with van der Waals surface area (Å²) in [6, 6.07) is 3.08. The minimum atomic E-state index is -0.772. The van der Waals surface area contributed by atoms with Gasteiger partial charge in [-0.15, -0.1) is 0 Å². The van der Waals surface area contributed by atoms with Crippen LogP contribution >= 0.6 is 15.9 Å². The number of halogens is 3. The second kappa shape index (κ2) is 4.52. The third kappa shape index (κ3) is 2.22. The molecule has 1 aromatic carbocycles. The van der Waals surface area contributed by atoms with Gasteiger partial charge in [0.25, 0.3) is 0 Å². The van der Waals surface area contributed by atoms with E-state index in [2.05, 4.69) is 15.9 Å². The molecule has 1 N–H and O–H groups in total. The highest BCUT2D eigenvalue weighted by Gasteiger charge is 2.32. The van der Waals surface area contributed by atoms with Gasteiger partial charge in [-0.25, -0.2) is 8.78 Å². The van der Waals surface area contributed by atoms with Gasteiger partial charge in [0.05, 0.1) is 5.69 Å². The van der Waals surface area contributed by atoms with E-state index >= 15 is 0 Å². The van der Waals surface area contributed by atoms with Crippen molar-refractivity contribution in [2.24, 2.45) is 0 Å². The molecule has 2 rings (SSSR count). The van der Waals surface area contributed by atoms with Crippen LogP contribution in [0, 0.1) is 17.0 Å². The third-order valence-corrected chi connectivity index (χ3v) is 3.54. The van der Waals surface area contributed by atoms with E-state index in [1.165, 1.54) is 11.0 Å². The van der Waals surface area contributed by atoms with Gasteiger partial charge in [-0.1, -0.05) is 15.9 Å². The summed E-state index contributed by atoms with van der Waals surface area (Å²) in [5.74, 6) is -1.85. The van der Waals surface area contributed by atoms with Crippen molar-refractivity contribution in [1.29, 1.82) is 5.41 Å². The number of rotatable bonds is 1. The van der Waals surface area contributed by atoms with Crippen LogP contribution in [0.15, 0.2) is 18.2 Å². The Labute approximate surface area is 105 Å². The molecule has 1 atom stereocenters. The van der Waals surface area contributed by atoms with Crippen LogP contribution in [0.4, 0.5) is 14.5 Å². The number of nitrogens with one attached hydrogen (secondary N) is 1. The number of alkyl halides is 1. The van der Waals surface area contributed by atoms with Gasteiger partial charge in [-0.2, -0.15) is 0 Å². The van der Waals surface area contributed by atoms with Crippen LogP contribution in [0.3, 0.4) is 0 Å². The summed E-state index contributed by atoms with van der Waals surface area (Å²) in [5.41, 5.74) is 0.321. The average molecular weight is 303 g/mol. The average Bonchev–Trinajstić information content (AvgIpc) is 2.28. The largest absolute Gasteiger partial charge is 0.308 e. The molecule has 90 valence electrons. The van der Waals surface area contributed by atoms with Crippen LogP contribution in [0.5, 0.6) is 0 Å². The lowest BCUT2D eigenvalue weighted by Crippen LogP contribution is -2.47. The molecular formula is C11H9BrF2N2O. The Bertz CT molecular complexity index is 492. The van der Waals surface area contributed by atoms with E-state index in [0.29, 0.717) is 6.42 Å². The van der Waals surface area contributed by atoms with Gasteiger partial charge < -0.3 is 10.3 Å². The molecule has 1 aliphatic heterocycles. The Morgan fingerprint density at radius 2 is 2.12 bits per heavy atom. The first-order valence-electron chi connectivity index (χ1n) is 4.98. The predicted molar refractivity (Wildman–Crippen MR) is 63.8 cm³/mol. The SMILES string of the molecule is N=C1CCN(c2ccc(F)cc2F)C(=O)C1Br. The summed E-state index contributed by atoms with van der Waals surface area (Å²) in [6.07, 6.45) is 0.373. The molecule has 17 heavy (non-hydrogen) atoms. The fourth-order valence-corrected chi connectivity index (χ4v) is 2.17. The Balaban J connectivity index is 2.34. The zero-order valence-electron chi connectivity index (χ0n) is 8.71. The van der Waals surface area contributed by atoms with Crippen molar-refractivity contribution in [2.45, 2.75) is 11.2 Å². The molecule has 1 heterocycles. The van der Waals surface area contributed by atoms with Crippen molar-refractivity contribution < 1.29 is 13.6 Å². The molecule has 0 spiro atoms. The lowest BCUT2D eigenvalue weighted by Gasteiger charge is -2.30. The lowest BCUT2D eigenvalue weighted by atomic mass is 10.1. The van der Waals surface area contributed by atoms with Gasteiger partial charge >= 0.3 is 0 Å². The maximum Gasteiger partial charge on any atom is 0.246 e. The van der Waals surface area contributed by atoms with Gasteiger partial charge in [0.1, 0.15) is 16.5 Å². The highest BCUT2D eigenvalue weighted by atomic mass is 79.9. The Morgan fingerprint density at radius 3 is 2.76 bits per heavy atom. The Morgan fingerprint density at radius 1 is 1.41 bits per heavy atom. The predicted octanol–water partition coefficient (Wildman–Crippen LogP) is 2.48. The van der Waals surface area contributed by atoms with Crippen LogP contribution in [-0.4, -0.2) is 23.0 Å². The molecule has 6 heteroatoms. The molecular weight excluding hydrogens is 294 g/mol. The second-order valence-electron chi connectivity index (χ2n) is 3.72. The van der Waals surface area contributed by atoms with E-state index < -0.39 is 22.4 Å². The van der Waals surface area contributed by atoms with Crippen LogP contribution in [-0.2, 0) is 4.79 Å². The maximum absolute atomic E-state index is 13.5. The zero-order chi connectivity index (χ0) is 12.6. The Hall–Kier alpha value is -1.30. The van der Waals surface area contributed by atoms with Crippen LogP contribution in [0.1, 0.15) is 6.42 Å². The third-order valence-electron chi connectivity index (χ3n) is 2.59. The van der Waals surface area contributed by atoms with Gasteiger partial charge in [0.2, 0.25) is 5.91 Å². The van der Waals surface area contributed by atoms with Gasteiger partial charge in [0.15, 0.2) is 0 Å². The van der Waals surface area contributed by atoms with Gasteiger partial charge in [-0.3, -0.25) is 4.79 Å². The quantitative estimate of drug-likeness (QED) is 0.796. The highest BCUT2D eigenvalue weighted by Crippen LogP contribution is 2.26. The number of benzene rings is 1. The zero-order valence-corrected chi connectivity index (χ0v) is 10.3. The van der Waals surface area contributed by atoms with Gasteiger partial charge in [0, 0.05) is 24.7 Å². The fourth-order valence-electron chi connectivity index (χ4n) is 1.69. The van der Waals surface area contributed by atoms with Crippen LogP contribution in [0.25, 0.3) is 0 Å². The monoisotopic (exact) mass is 302 g/mol. The topological polar surface area (TPSA) is 44.2 Å². The number of hydrogen-bond acceptors (Lipinski definition) is 2. The van der Waals surface area contributed by atoms with Crippen LogP contribution in [0.2, 0.25) is 0 Å². The van der Waals surface area contributed by atoms with Gasteiger partial charge in [-0.05, 0) is 12.1 Å². The number of carbonyl (C=O) groups is 1.